The summed E-state index contributed by atoms with van der Waals surface area (Å²) in [5.41, 5.74) is 3.14. The Morgan fingerprint density at radius 1 is 0.733 bits per heavy atom. The Bertz CT molecular complexity index is 258. The maximum atomic E-state index is 3.14. The molecule has 0 heterocycles. The Morgan fingerprint density at radius 2 is 1.47 bits per heavy atom. The van der Waals surface area contributed by atoms with Crippen LogP contribution in [0.1, 0.15) is 39.5 Å². The van der Waals surface area contributed by atoms with Crippen molar-refractivity contribution in [3.8, 4) is 0 Å². The summed E-state index contributed by atoms with van der Waals surface area (Å²) in [5, 5.41) is 0. The lowest BCUT2D eigenvalue weighted by Gasteiger charge is -1.82. The predicted molar refractivity (Wildman–Crippen MR) is 69.9 cm³/mol. The second-order valence-electron chi connectivity index (χ2n) is 3.21. The third-order valence-corrected chi connectivity index (χ3v) is 1.76. The zero-order valence-electron chi connectivity index (χ0n) is 9.95. The van der Waals surface area contributed by atoms with Crippen LogP contribution in [-0.2, 0) is 0 Å². The number of rotatable bonds is 7. The summed E-state index contributed by atoms with van der Waals surface area (Å²) < 4.78 is 0. The van der Waals surface area contributed by atoms with Crippen molar-refractivity contribution < 1.29 is 0 Å². The molecule has 0 N–H and O–H groups in total. The third-order valence-electron chi connectivity index (χ3n) is 1.76. The number of allylic oxidation sites excluding steroid dienone is 7. The molecule has 0 spiro atoms. The molecule has 0 rings (SSSR count). The van der Waals surface area contributed by atoms with E-state index in [1.807, 2.05) is 0 Å². The van der Waals surface area contributed by atoms with E-state index in [1.165, 1.54) is 0 Å². The fourth-order valence-corrected chi connectivity index (χ4v) is 0.982. The molecule has 0 radical (unpaired) electrons. The van der Waals surface area contributed by atoms with Crippen LogP contribution in [0.2, 0.25) is 0 Å². The van der Waals surface area contributed by atoms with Crippen molar-refractivity contribution in [3.05, 3.63) is 54.3 Å². The van der Waals surface area contributed by atoms with Gasteiger partial charge < -0.3 is 0 Å². The predicted octanol–water partition coefficient (Wildman–Crippen LogP) is 4.97. The van der Waals surface area contributed by atoms with E-state index >= 15 is 0 Å². The van der Waals surface area contributed by atoms with Gasteiger partial charge in [0.1, 0.15) is 0 Å². The van der Waals surface area contributed by atoms with Crippen molar-refractivity contribution >= 4 is 0 Å². The van der Waals surface area contributed by atoms with Crippen LogP contribution in [0.3, 0.4) is 0 Å². The molecule has 0 aromatic rings. The minimum absolute atomic E-state index is 1.07. The van der Waals surface area contributed by atoms with Gasteiger partial charge in [-0.05, 0) is 37.8 Å². The molecule has 0 aromatic carbocycles. The Hall–Kier alpha value is -1.26. The molecule has 0 aromatic heterocycles. The summed E-state index contributed by atoms with van der Waals surface area (Å²) >= 11 is 0. The van der Waals surface area contributed by atoms with E-state index in [4.69, 9.17) is 0 Å². The highest BCUT2D eigenvalue weighted by Crippen LogP contribution is 1.93. The minimum Gasteiger partial charge on any atom is -0.130 e. The average molecular weight is 202 g/mol. The normalized spacial score (nSPS) is 11.3. The van der Waals surface area contributed by atoms with Gasteiger partial charge in [0, 0.05) is 0 Å². The molecule has 0 aliphatic carbocycles. The fraction of sp³-hybridized carbons (Fsp3) is 0.400. The number of hydrogen-bond acceptors (Lipinski definition) is 0. The lowest BCUT2D eigenvalue weighted by molar-refractivity contribution is 1.05. The number of unbranched alkanes of at least 4 members (excludes halogenated alkanes) is 1. The highest BCUT2D eigenvalue weighted by atomic mass is 13.8. The van der Waals surface area contributed by atoms with Gasteiger partial charge in [0.2, 0.25) is 0 Å². The molecule has 0 nitrogen and oxygen atoms in total. The maximum Gasteiger partial charge on any atom is -0.0240 e. The van der Waals surface area contributed by atoms with Crippen molar-refractivity contribution in [2.75, 3.05) is 0 Å². The molecular formula is C15H22. The summed E-state index contributed by atoms with van der Waals surface area (Å²) in [5.74, 6) is 0. The third kappa shape index (κ3) is 12.7. The van der Waals surface area contributed by atoms with Crippen molar-refractivity contribution in [1.29, 1.82) is 0 Å². The second-order valence-corrected chi connectivity index (χ2v) is 3.21. The Kier molecular flexibility index (Phi) is 11.7. The topological polar surface area (TPSA) is 0 Å². The first-order valence-electron chi connectivity index (χ1n) is 5.79. The van der Waals surface area contributed by atoms with Crippen molar-refractivity contribution in [2.24, 2.45) is 0 Å². The molecule has 15 heavy (non-hydrogen) atoms. The summed E-state index contributed by atoms with van der Waals surface area (Å²) in [7, 11) is 0. The molecule has 0 bridgehead atoms. The van der Waals surface area contributed by atoms with Crippen LogP contribution < -0.4 is 0 Å². The van der Waals surface area contributed by atoms with Gasteiger partial charge in [-0.1, -0.05) is 50.3 Å². The van der Waals surface area contributed by atoms with Crippen LogP contribution >= 0.6 is 0 Å². The van der Waals surface area contributed by atoms with E-state index in [9.17, 15) is 0 Å². The molecule has 82 valence electrons. The van der Waals surface area contributed by atoms with E-state index in [1.54, 1.807) is 0 Å². The standard InChI is InChI=1S/C15H22/c1-3-5-7-9-11-13-15-14-12-10-8-6-4-2/h5-7,9-11,13,15H,3-4,12,14H2,1-2H3. The van der Waals surface area contributed by atoms with Crippen LogP contribution in [-0.4, -0.2) is 0 Å². The van der Waals surface area contributed by atoms with Crippen LogP contribution in [0.5, 0.6) is 0 Å². The van der Waals surface area contributed by atoms with Gasteiger partial charge in [-0.3, -0.25) is 0 Å². The Balaban J connectivity index is 3.51. The summed E-state index contributed by atoms with van der Waals surface area (Å²) in [6, 6.07) is 0. The number of hydrogen-bond donors (Lipinski definition) is 0. The molecule has 0 aliphatic heterocycles. The highest BCUT2D eigenvalue weighted by molar-refractivity contribution is 5.11. The molecule has 0 saturated carbocycles. The van der Waals surface area contributed by atoms with Gasteiger partial charge in [-0.15, -0.1) is 5.73 Å². The van der Waals surface area contributed by atoms with E-state index in [2.05, 4.69) is 68.2 Å². The smallest absolute Gasteiger partial charge is 0.0240 e. The van der Waals surface area contributed by atoms with Gasteiger partial charge >= 0.3 is 0 Å². The average Bonchev–Trinajstić information content (AvgIpc) is 2.26. The van der Waals surface area contributed by atoms with Gasteiger partial charge in [0.05, 0.1) is 0 Å². The lowest BCUT2D eigenvalue weighted by atomic mass is 10.2. The monoisotopic (exact) mass is 202 g/mol. The van der Waals surface area contributed by atoms with Crippen LogP contribution in [0.15, 0.2) is 54.3 Å². The first kappa shape index (κ1) is 13.7. The Labute approximate surface area is 94.4 Å². The molecule has 0 saturated heterocycles. The van der Waals surface area contributed by atoms with Crippen molar-refractivity contribution in [1.82, 2.24) is 0 Å². The highest BCUT2D eigenvalue weighted by Gasteiger charge is 1.73. The molecule has 0 heteroatoms. The van der Waals surface area contributed by atoms with E-state index < -0.39 is 0 Å². The van der Waals surface area contributed by atoms with Crippen LogP contribution in [0.25, 0.3) is 0 Å². The molecule has 0 aliphatic rings. The summed E-state index contributed by atoms with van der Waals surface area (Å²) in [6.07, 6.45) is 21.1. The lowest BCUT2D eigenvalue weighted by Crippen LogP contribution is -1.62. The van der Waals surface area contributed by atoms with E-state index in [-0.39, 0.29) is 0 Å². The molecule has 0 unspecified atom stereocenters. The van der Waals surface area contributed by atoms with Crippen molar-refractivity contribution in [2.45, 2.75) is 39.5 Å². The quantitative estimate of drug-likeness (QED) is 0.311. The van der Waals surface area contributed by atoms with Gasteiger partial charge in [0.25, 0.3) is 0 Å². The first-order valence-corrected chi connectivity index (χ1v) is 5.79. The van der Waals surface area contributed by atoms with Crippen LogP contribution in [0.4, 0.5) is 0 Å². The zero-order valence-corrected chi connectivity index (χ0v) is 9.95. The van der Waals surface area contributed by atoms with E-state index in [0.717, 1.165) is 25.7 Å². The molecular weight excluding hydrogens is 180 g/mol. The van der Waals surface area contributed by atoms with Crippen LogP contribution in [0, 0.1) is 0 Å². The zero-order chi connectivity index (χ0) is 11.2. The SMILES string of the molecule is CCC=C=CCCC=CC=CC=CCC. The largest absolute Gasteiger partial charge is 0.130 e. The summed E-state index contributed by atoms with van der Waals surface area (Å²) in [4.78, 5) is 0. The van der Waals surface area contributed by atoms with Gasteiger partial charge in [-0.2, -0.15) is 0 Å². The Morgan fingerprint density at radius 3 is 2.13 bits per heavy atom. The van der Waals surface area contributed by atoms with Crippen molar-refractivity contribution in [3.63, 3.8) is 0 Å². The van der Waals surface area contributed by atoms with Gasteiger partial charge in [0.15, 0.2) is 0 Å². The second kappa shape index (κ2) is 12.7. The minimum atomic E-state index is 1.07. The first-order chi connectivity index (χ1) is 7.41. The maximum absolute atomic E-state index is 3.14. The molecule has 0 fully saturated rings. The molecule has 0 atom stereocenters. The molecule has 0 amide bonds. The summed E-state index contributed by atoms with van der Waals surface area (Å²) in [6.45, 7) is 4.26. The van der Waals surface area contributed by atoms with Gasteiger partial charge in [-0.25, -0.2) is 0 Å². The van der Waals surface area contributed by atoms with E-state index in [0.29, 0.717) is 0 Å². The fourth-order valence-electron chi connectivity index (χ4n) is 0.982.